The van der Waals surface area contributed by atoms with Crippen LogP contribution in [0.4, 0.5) is 4.79 Å². The van der Waals surface area contributed by atoms with Crippen molar-refractivity contribution in [2.24, 2.45) is 5.92 Å². The van der Waals surface area contributed by atoms with Crippen LogP contribution in [0.15, 0.2) is 0 Å². The summed E-state index contributed by atoms with van der Waals surface area (Å²) in [7, 11) is 0. The summed E-state index contributed by atoms with van der Waals surface area (Å²) in [5, 5.41) is 8.92. The number of rotatable bonds is 3. The predicted molar refractivity (Wildman–Crippen MR) is 71.4 cm³/mol. The van der Waals surface area contributed by atoms with Crippen LogP contribution in [0.25, 0.3) is 0 Å². The highest BCUT2D eigenvalue weighted by Gasteiger charge is 2.32. The molecule has 0 bridgehead atoms. The maximum atomic E-state index is 12.5. The molecule has 0 spiro atoms. The van der Waals surface area contributed by atoms with Gasteiger partial charge in [0.15, 0.2) is 0 Å². The first-order valence-corrected chi connectivity index (χ1v) is 7.38. The summed E-state index contributed by atoms with van der Waals surface area (Å²) in [6.07, 6.45) is 6.37. The topological polar surface area (TPSA) is 43.8 Å². The van der Waals surface area contributed by atoms with Crippen molar-refractivity contribution in [1.29, 1.82) is 0 Å². The molecule has 2 unspecified atom stereocenters. The number of likely N-dealkylation sites (tertiary alicyclic amines) is 2. The van der Waals surface area contributed by atoms with E-state index < -0.39 is 0 Å². The Labute approximate surface area is 110 Å². The largest absolute Gasteiger partial charge is 0.396 e. The van der Waals surface area contributed by atoms with Crippen molar-refractivity contribution < 1.29 is 9.90 Å². The minimum absolute atomic E-state index is 0.235. The summed E-state index contributed by atoms with van der Waals surface area (Å²) in [6.45, 7) is 5.21. The van der Waals surface area contributed by atoms with E-state index in [1.54, 1.807) is 0 Å². The second kappa shape index (κ2) is 6.41. The van der Waals surface area contributed by atoms with E-state index in [1.165, 1.54) is 6.42 Å². The molecule has 2 saturated heterocycles. The lowest BCUT2D eigenvalue weighted by Gasteiger charge is -2.36. The van der Waals surface area contributed by atoms with Gasteiger partial charge in [0.05, 0.1) is 0 Å². The lowest BCUT2D eigenvalue weighted by atomic mass is 10.0. The van der Waals surface area contributed by atoms with Gasteiger partial charge in [0, 0.05) is 32.3 Å². The Morgan fingerprint density at radius 1 is 1.28 bits per heavy atom. The molecule has 2 aliphatic heterocycles. The molecular weight excluding hydrogens is 228 g/mol. The zero-order valence-electron chi connectivity index (χ0n) is 11.5. The van der Waals surface area contributed by atoms with Crippen molar-refractivity contribution in [3.63, 3.8) is 0 Å². The molecule has 0 aromatic heterocycles. The van der Waals surface area contributed by atoms with Crippen molar-refractivity contribution >= 4 is 6.03 Å². The van der Waals surface area contributed by atoms with E-state index in [1.807, 2.05) is 9.80 Å². The van der Waals surface area contributed by atoms with E-state index in [0.29, 0.717) is 12.0 Å². The van der Waals surface area contributed by atoms with Gasteiger partial charge in [-0.1, -0.05) is 6.92 Å². The fourth-order valence-electron chi connectivity index (χ4n) is 3.26. The van der Waals surface area contributed by atoms with E-state index in [-0.39, 0.29) is 12.6 Å². The zero-order valence-corrected chi connectivity index (χ0v) is 11.5. The SMILES string of the molecule is CC1CCCN(C(=O)N2CCCC2CCCO)C1. The van der Waals surface area contributed by atoms with E-state index in [9.17, 15) is 4.79 Å². The minimum atomic E-state index is 0.235. The summed E-state index contributed by atoms with van der Waals surface area (Å²) in [5.74, 6) is 0.640. The summed E-state index contributed by atoms with van der Waals surface area (Å²) in [4.78, 5) is 16.6. The minimum Gasteiger partial charge on any atom is -0.396 e. The van der Waals surface area contributed by atoms with Gasteiger partial charge in [0.2, 0.25) is 0 Å². The predicted octanol–water partition coefficient (Wildman–Crippen LogP) is 2.08. The molecule has 0 saturated carbocycles. The second-order valence-corrected chi connectivity index (χ2v) is 5.83. The molecule has 104 valence electrons. The van der Waals surface area contributed by atoms with Gasteiger partial charge in [0.25, 0.3) is 0 Å². The van der Waals surface area contributed by atoms with E-state index in [2.05, 4.69) is 6.92 Å². The summed E-state index contributed by atoms with van der Waals surface area (Å²) in [5.41, 5.74) is 0. The molecule has 2 atom stereocenters. The van der Waals surface area contributed by atoms with Crippen LogP contribution in [-0.4, -0.2) is 53.2 Å². The third-order valence-electron chi connectivity index (χ3n) is 4.25. The fourth-order valence-corrected chi connectivity index (χ4v) is 3.26. The molecule has 0 aliphatic carbocycles. The smallest absolute Gasteiger partial charge is 0.320 e. The number of piperidine rings is 1. The number of amides is 2. The molecule has 2 fully saturated rings. The van der Waals surface area contributed by atoms with Crippen molar-refractivity contribution in [3.05, 3.63) is 0 Å². The molecule has 18 heavy (non-hydrogen) atoms. The molecule has 2 rings (SSSR count). The number of aliphatic hydroxyl groups excluding tert-OH is 1. The van der Waals surface area contributed by atoms with Crippen molar-refractivity contribution in [1.82, 2.24) is 9.80 Å². The number of hydrogen-bond acceptors (Lipinski definition) is 2. The third kappa shape index (κ3) is 3.16. The summed E-state index contributed by atoms with van der Waals surface area (Å²) < 4.78 is 0. The van der Waals surface area contributed by atoms with Gasteiger partial charge < -0.3 is 14.9 Å². The molecule has 0 radical (unpaired) electrons. The number of carbonyl (C=O) groups is 1. The number of hydrogen-bond donors (Lipinski definition) is 1. The zero-order chi connectivity index (χ0) is 13.0. The fraction of sp³-hybridized carbons (Fsp3) is 0.929. The summed E-state index contributed by atoms with van der Waals surface area (Å²) >= 11 is 0. The van der Waals surface area contributed by atoms with Gasteiger partial charge in [0.1, 0.15) is 0 Å². The van der Waals surface area contributed by atoms with Crippen LogP contribution in [0.1, 0.15) is 45.4 Å². The third-order valence-corrected chi connectivity index (χ3v) is 4.25. The monoisotopic (exact) mass is 254 g/mol. The van der Waals surface area contributed by atoms with Crippen molar-refractivity contribution in [2.45, 2.75) is 51.5 Å². The van der Waals surface area contributed by atoms with Crippen LogP contribution in [0.2, 0.25) is 0 Å². The first-order valence-electron chi connectivity index (χ1n) is 7.38. The average Bonchev–Trinajstić information content (AvgIpc) is 2.83. The molecule has 1 N–H and O–H groups in total. The van der Waals surface area contributed by atoms with Gasteiger partial charge in [-0.2, -0.15) is 0 Å². The molecular formula is C14H26N2O2. The van der Waals surface area contributed by atoms with Crippen LogP contribution < -0.4 is 0 Å². The molecule has 0 aromatic rings. The molecule has 2 amide bonds. The van der Waals surface area contributed by atoms with Crippen LogP contribution in [-0.2, 0) is 0 Å². The lowest BCUT2D eigenvalue weighted by molar-refractivity contribution is 0.123. The molecule has 4 heteroatoms. The highest BCUT2D eigenvalue weighted by atomic mass is 16.3. The molecule has 4 nitrogen and oxygen atoms in total. The molecule has 2 aliphatic rings. The van der Waals surface area contributed by atoms with Gasteiger partial charge in [-0.3, -0.25) is 0 Å². The van der Waals surface area contributed by atoms with Crippen LogP contribution in [0.3, 0.4) is 0 Å². The Balaban J connectivity index is 1.90. The number of urea groups is 1. The Morgan fingerprint density at radius 3 is 2.78 bits per heavy atom. The van der Waals surface area contributed by atoms with E-state index in [4.69, 9.17) is 5.11 Å². The Bertz CT molecular complexity index is 283. The van der Waals surface area contributed by atoms with Gasteiger partial charge >= 0.3 is 6.03 Å². The van der Waals surface area contributed by atoms with Crippen LogP contribution in [0, 0.1) is 5.92 Å². The number of aliphatic hydroxyl groups is 1. The first kappa shape index (κ1) is 13.7. The van der Waals surface area contributed by atoms with Gasteiger partial charge in [-0.15, -0.1) is 0 Å². The first-order chi connectivity index (χ1) is 8.72. The number of carbonyl (C=O) groups excluding carboxylic acids is 1. The molecule has 0 aromatic carbocycles. The quantitative estimate of drug-likeness (QED) is 0.838. The maximum absolute atomic E-state index is 12.5. The second-order valence-electron chi connectivity index (χ2n) is 5.83. The highest BCUT2D eigenvalue weighted by molar-refractivity contribution is 5.75. The van der Waals surface area contributed by atoms with E-state index >= 15 is 0 Å². The van der Waals surface area contributed by atoms with Crippen LogP contribution >= 0.6 is 0 Å². The van der Waals surface area contributed by atoms with Crippen LogP contribution in [0.5, 0.6) is 0 Å². The van der Waals surface area contributed by atoms with E-state index in [0.717, 1.165) is 51.7 Å². The summed E-state index contributed by atoms with van der Waals surface area (Å²) in [6, 6.07) is 0.601. The highest BCUT2D eigenvalue weighted by Crippen LogP contribution is 2.25. The van der Waals surface area contributed by atoms with Gasteiger partial charge in [-0.05, 0) is 44.4 Å². The van der Waals surface area contributed by atoms with Crippen molar-refractivity contribution in [2.75, 3.05) is 26.2 Å². The Kier molecular flexibility index (Phi) is 4.87. The Hall–Kier alpha value is -0.770. The Morgan fingerprint density at radius 2 is 2.06 bits per heavy atom. The van der Waals surface area contributed by atoms with Crippen molar-refractivity contribution in [3.8, 4) is 0 Å². The molecule has 2 heterocycles. The maximum Gasteiger partial charge on any atom is 0.320 e. The number of nitrogens with zero attached hydrogens (tertiary/aromatic N) is 2. The normalized spacial score (nSPS) is 28.8. The van der Waals surface area contributed by atoms with Gasteiger partial charge in [-0.25, -0.2) is 4.79 Å². The average molecular weight is 254 g/mol. The lowest BCUT2D eigenvalue weighted by Crippen LogP contribution is -2.48. The standard InChI is InChI=1S/C14H26N2O2/c1-12-5-2-8-15(11-12)14(18)16-9-3-6-13(16)7-4-10-17/h12-13,17H,2-11H2,1H3.